The molecule has 0 saturated heterocycles. The van der Waals surface area contributed by atoms with E-state index in [0.717, 1.165) is 5.56 Å². The number of ether oxygens (including phenoxy) is 1. The lowest BCUT2D eigenvalue weighted by Crippen LogP contribution is -2.43. The molecule has 0 unspecified atom stereocenters. The summed E-state index contributed by atoms with van der Waals surface area (Å²) < 4.78 is 4.98. The van der Waals surface area contributed by atoms with Crippen LogP contribution in [0, 0.1) is 0 Å². The molecular weight excluding hydrogens is 310 g/mol. The van der Waals surface area contributed by atoms with E-state index in [2.05, 4.69) is 27.8 Å². The highest BCUT2D eigenvalue weighted by Crippen LogP contribution is 2.05. The van der Waals surface area contributed by atoms with Crippen molar-refractivity contribution in [3.8, 4) is 0 Å². The van der Waals surface area contributed by atoms with Crippen LogP contribution in [0.15, 0.2) is 43.0 Å². The van der Waals surface area contributed by atoms with Gasteiger partial charge in [0, 0.05) is 6.42 Å². The smallest absolute Gasteiger partial charge is 0.329 e. The Morgan fingerprint density at radius 1 is 1.37 bits per heavy atom. The number of carbonyl (C=O) groups excluding carboxylic acids is 2. The molecule has 4 nitrogen and oxygen atoms in total. The number of benzene rings is 1. The summed E-state index contributed by atoms with van der Waals surface area (Å²) >= 11 is 3.05. The molecule has 1 N–H and O–H groups in total. The van der Waals surface area contributed by atoms with Gasteiger partial charge in [-0.1, -0.05) is 58.9 Å². The number of alkyl halides is 1. The topological polar surface area (TPSA) is 55.4 Å². The quantitative estimate of drug-likeness (QED) is 0.473. The van der Waals surface area contributed by atoms with E-state index >= 15 is 0 Å². The monoisotopic (exact) mass is 325 g/mol. The van der Waals surface area contributed by atoms with Gasteiger partial charge in [-0.15, -0.1) is 0 Å². The molecule has 0 aliphatic rings. The second kappa shape index (κ2) is 8.48. The lowest BCUT2D eigenvalue weighted by atomic mass is 10.1. The molecule has 0 radical (unpaired) electrons. The predicted molar refractivity (Wildman–Crippen MR) is 77.0 cm³/mol. The molecule has 0 fully saturated rings. The Labute approximate surface area is 121 Å². The second-order valence-electron chi connectivity index (χ2n) is 3.86. The molecule has 0 aliphatic heterocycles. The molecule has 5 heteroatoms. The summed E-state index contributed by atoms with van der Waals surface area (Å²) in [6, 6.07) is 8.77. The van der Waals surface area contributed by atoms with Crippen LogP contribution in [0.1, 0.15) is 5.56 Å². The van der Waals surface area contributed by atoms with E-state index in [1.807, 2.05) is 30.3 Å². The van der Waals surface area contributed by atoms with Crippen molar-refractivity contribution in [2.75, 3.05) is 11.9 Å². The zero-order chi connectivity index (χ0) is 14.1. The number of carbonyl (C=O) groups is 2. The van der Waals surface area contributed by atoms with Crippen LogP contribution < -0.4 is 5.32 Å². The van der Waals surface area contributed by atoms with E-state index in [4.69, 9.17) is 4.74 Å². The highest BCUT2D eigenvalue weighted by atomic mass is 79.9. The van der Waals surface area contributed by atoms with Crippen LogP contribution in [-0.4, -0.2) is 29.9 Å². The molecule has 0 heterocycles. The third-order valence-corrected chi connectivity index (χ3v) is 2.88. The number of hydrogen-bond donors (Lipinski definition) is 1. The zero-order valence-electron chi connectivity index (χ0n) is 10.5. The van der Waals surface area contributed by atoms with E-state index in [0.29, 0.717) is 6.42 Å². The highest BCUT2D eigenvalue weighted by Gasteiger charge is 2.21. The minimum absolute atomic E-state index is 0.133. The van der Waals surface area contributed by atoms with E-state index in [-0.39, 0.29) is 17.8 Å². The molecule has 1 aromatic carbocycles. The van der Waals surface area contributed by atoms with Crippen LogP contribution in [0.3, 0.4) is 0 Å². The Hall–Kier alpha value is -1.62. The van der Waals surface area contributed by atoms with Crippen molar-refractivity contribution in [3.05, 3.63) is 48.6 Å². The van der Waals surface area contributed by atoms with Gasteiger partial charge in [0.05, 0.1) is 5.33 Å². The fourth-order valence-electron chi connectivity index (χ4n) is 1.52. The average Bonchev–Trinajstić information content (AvgIpc) is 2.44. The first-order valence-corrected chi connectivity index (χ1v) is 6.96. The summed E-state index contributed by atoms with van der Waals surface area (Å²) in [5, 5.41) is 2.78. The van der Waals surface area contributed by atoms with Crippen molar-refractivity contribution in [3.63, 3.8) is 0 Å². The van der Waals surface area contributed by atoms with Gasteiger partial charge in [-0.05, 0) is 5.56 Å². The number of rotatable bonds is 7. The van der Waals surface area contributed by atoms with Crippen LogP contribution in [0.2, 0.25) is 0 Å². The predicted octanol–water partition coefficient (Wildman–Crippen LogP) is 1.84. The summed E-state index contributed by atoms with van der Waals surface area (Å²) in [5.74, 6) is -0.713. The van der Waals surface area contributed by atoms with Crippen LogP contribution in [0.4, 0.5) is 0 Å². The third kappa shape index (κ3) is 5.70. The number of amides is 1. The van der Waals surface area contributed by atoms with Crippen LogP contribution in [0.5, 0.6) is 0 Å². The number of nitrogens with one attached hydrogen (secondary N) is 1. The summed E-state index contributed by atoms with van der Waals surface area (Å²) in [7, 11) is 0. The van der Waals surface area contributed by atoms with E-state index in [1.54, 1.807) is 0 Å². The van der Waals surface area contributed by atoms with Crippen molar-refractivity contribution in [1.29, 1.82) is 0 Å². The van der Waals surface area contributed by atoms with Crippen LogP contribution in [-0.2, 0) is 20.7 Å². The maximum atomic E-state index is 11.9. The van der Waals surface area contributed by atoms with Gasteiger partial charge in [-0.2, -0.15) is 0 Å². The minimum Gasteiger partial charge on any atom is -0.460 e. The van der Waals surface area contributed by atoms with Crippen molar-refractivity contribution in [2.45, 2.75) is 12.5 Å². The largest absolute Gasteiger partial charge is 0.460 e. The zero-order valence-corrected chi connectivity index (χ0v) is 12.1. The van der Waals surface area contributed by atoms with Crippen molar-refractivity contribution >= 4 is 27.8 Å². The fourth-order valence-corrected chi connectivity index (χ4v) is 1.68. The SMILES string of the molecule is C=CCOC(=O)[C@H](Cc1ccccc1)NC(=O)CBr. The minimum atomic E-state index is -0.688. The Morgan fingerprint density at radius 2 is 2.05 bits per heavy atom. The van der Waals surface area contributed by atoms with Gasteiger partial charge >= 0.3 is 5.97 Å². The summed E-state index contributed by atoms with van der Waals surface area (Å²) in [6.07, 6.45) is 1.89. The maximum Gasteiger partial charge on any atom is 0.329 e. The van der Waals surface area contributed by atoms with Gasteiger partial charge in [0.2, 0.25) is 5.91 Å². The Kier molecular flexibility index (Phi) is 6.89. The number of halogens is 1. The molecular formula is C14H16BrNO3. The Bertz CT molecular complexity index is 434. The van der Waals surface area contributed by atoms with Gasteiger partial charge in [-0.25, -0.2) is 4.79 Å². The normalized spacial score (nSPS) is 11.4. The molecule has 0 bridgehead atoms. The summed E-state index contributed by atoms with van der Waals surface area (Å²) in [6.45, 7) is 3.61. The van der Waals surface area contributed by atoms with Gasteiger partial charge in [-0.3, -0.25) is 4.79 Å². The van der Waals surface area contributed by atoms with E-state index in [9.17, 15) is 9.59 Å². The summed E-state index contributed by atoms with van der Waals surface area (Å²) in [4.78, 5) is 23.3. The first kappa shape index (κ1) is 15.4. The van der Waals surface area contributed by atoms with Crippen molar-refractivity contribution in [2.24, 2.45) is 0 Å². The molecule has 0 spiro atoms. The molecule has 0 saturated carbocycles. The average molecular weight is 326 g/mol. The number of hydrogen-bond acceptors (Lipinski definition) is 3. The Balaban J connectivity index is 2.71. The first-order chi connectivity index (χ1) is 9.17. The molecule has 1 aromatic rings. The fraction of sp³-hybridized carbons (Fsp3) is 0.286. The van der Waals surface area contributed by atoms with Crippen molar-refractivity contribution in [1.82, 2.24) is 5.32 Å². The Morgan fingerprint density at radius 3 is 2.63 bits per heavy atom. The molecule has 1 rings (SSSR count). The lowest BCUT2D eigenvalue weighted by Gasteiger charge is -2.16. The van der Waals surface area contributed by atoms with Gasteiger partial charge < -0.3 is 10.1 Å². The second-order valence-corrected chi connectivity index (χ2v) is 4.42. The first-order valence-electron chi connectivity index (χ1n) is 5.84. The molecule has 1 atom stereocenters. The standard InChI is InChI=1S/C14H16BrNO3/c1-2-8-19-14(18)12(16-13(17)10-15)9-11-6-4-3-5-7-11/h2-7,12H,1,8-10H2,(H,16,17)/t12-/m0/s1. The maximum absolute atomic E-state index is 11.9. The van der Waals surface area contributed by atoms with Gasteiger partial charge in [0.25, 0.3) is 0 Å². The van der Waals surface area contributed by atoms with Crippen LogP contribution >= 0.6 is 15.9 Å². The van der Waals surface area contributed by atoms with Gasteiger partial charge in [0.1, 0.15) is 12.6 Å². The van der Waals surface area contributed by atoms with Gasteiger partial charge in [0.15, 0.2) is 0 Å². The molecule has 19 heavy (non-hydrogen) atoms. The molecule has 0 aromatic heterocycles. The molecule has 1 amide bonds. The highest BCUT2D eigenvalue weighted by molar-refractivity contribution is 9.09. The van der Waals surface area contributed by atoms with Crippen LogP contribution in [0.25, 0.3) is 0 Å². The van der Waals surface area contributed by atoms with E-state index < -0.39 is 12.0 Å². The lowest BCUT2D eigenvalue weighted by molar-refractivity contribution is -0.146. The summed E-state index contributed by atoms with van der Waals surface area (Å²) in [5.41, 5.74) is 0.956. The van der Waals surface area contributed by atoms with Crippen molar-refractivity contribution < 1.29 is 14.3 Å². The molecule has 0 aliphatic carbocycles. The number of esters is 1. The third-order valence-electron chi connectivity index (χ3n) is 2.37. The van der Waals surface area contributed by atoms with E-state index in [1.165, 1.54) is 6.08 Å². The molecule has 102 valence electrons.